The van der Waals surface area contributed by atoms with E-state index in [2.05, 4.69) is 40.8 Å². The Balaban J connectivity index is 1.98. The second-order valence-electron chi connectivity index (χ2n) is 5.16. The molecule has 2 aromatic rings. The van der Waals surface area contributed by atoms with Gasteiger partial charge in [-0.25, -0.2) is 0 Å². The van der Waals surface area contributed by atoms with Crippen LogP contribution in [-0.4, -0.2) is 18.6 Å². The van der Waals surface area contributed by atoms with E-state index in [1.807, 2.05) is 7.05 Å². The normalized spacial score (nSPS) is 19.4. The molecule has 1 saturated carbocycles. The number of rotatable bonds is 4. The van der Waals surface area contributed by atoms with Gasteiger partial charge in [0, 0.05) is 35.1 Å². The van der Waals surface area contributed by atoms with E-state index in [1.54, 1.807) is 0 Å². The van der Waals surface area contributed by atoms with Crippen LogP contribution in [0.1, 0.15) is 24.4 Å². The molecule has 0 amide bonds. The molecule has 4 N–H and O–H groups in total. The highest BCUT2D eigenvalue weighted by atomic mass is 14.9. The third kappa shape index (κ3) is 1.66. The quantitative estimate of drug-likeness (QED) is 0.752. The molecule has 1 aliphatic rings. The SMILES string of the molecule is CNCC1(C(N)c2c[nH]c3ccccc23)CC1. The van der Waals surface area contributed by atoms with E-state index >= 15 is 0 Å². The fraction of sp³-hybridized carbons (Fsp3) is 0.429. The van der Waals surface area contributed by atoms with Crippen LogP contribution in [0.4, 0.5) is 0 Å². The Morgan fingerprint density at radius 1 is 1.41 bits per heavy atom. The molecule has 0 bridgehead atoms. The van der Waals surface area contributed by atoms with Gasteiger partial charge in [0.1, 0.15) is 0 Å². The molecule has 3 heteroatoms. The van der Waals surface area contributed by atoms with Crippen LogP contribution in [0.25, 0.3) is 10.9 Å². The maximum absolute atomic E-state index is 6.47. The maximum atomic E-state index is 6.47. The van der Waals surface area contributed by atoms with Gasteiger partial charge in [0.05, 0.1) is 0 Å². The largest absolute Gasteiger partial charge is 0.361 e. The summed E-state index contributed by atoms with van der Waals surface area (Å²) in [5.41, 5.74) is 9.19. The lowest BCUT2D eigenvalue weighted by Crippen LogP contribution is -2.31. The second kappa shape index (κ2) is 3.86. The van der Waals surface area contributed by atoms with Crippen LogP contribution in [0, 0.1) is 5.41 Å². The van der Waals surface area contributed by atoms with Gasteiger partial charge >= 0.3 is 0 Å². The summed E-state index contributed by atoms with van der Waals surface area (Å²) in [6.45, 7) is 1.01. The summed E-state index contributed by atoms with van der Waals surface area (Å²) < 4.78 is 0. The first-order valence-electron chi connectivity index (χ1n) is 6.23. The molecule has 1 fully saturated rings. The van der Waals surface area contributed by atoms with E-state index in [0.717, 1.165) is 6.54 Å². The number of aromatic amines is 1. The molecule has 0 spiro atoms. The molecule has 1 atom stereocenters. The summed E-state index contributed by atoms with van der Waals surface area (Å²) in [5, 5.41) is 4.54. The molecule has 3 nitrogen and oxygen atoms in total. The summed E-state index contributed by atoms with van der Waals surface area (Å²) in [6, 6.07) is 8.50. The Bertz CT molecular complexity index is 525. The van der Waals surface area contributed by atoms with E-state index in [1.165, 1.54) is 29.3 Å². The van der Waals surface area contributed by atoms with Crippen molar-refractivity contribution in [3.8, 4) is 0 Å². The van der Waals surface area contributed by atoms with Gasteiger partial charge in [-0.2, -0.15) is 0 Å². The average molecular weight is 229 g/mol. The van der Waals surface area contributed by atoms with Crippen LogP contribution >= 0.6 is 0 Å². The van der Waals surface area contributed by atoms with Gasteiger partial charge in [-0.3, -0.25) is 0 Å². The summed E-state index contributed by atoms with van der Waals surface area (Å²) >= 11 is 0. The lowest BCUT2D eigenvalue weighted by Gasteiger charge is -2.22. The van der Waals surface area contributed by atoms with Crippen molar-refractivity contribution < 1.29 is 0 Å². The second-order valence-corrected chi connectivity index (χ2v) is 5.16. The van der Waals surface area contributed by atoms with Gasteiger partial charge in [-0.05, 0) is 31.5 Å². The first kappa shape index (κ1) is 10.8. The van der Waals surface area contributed by atoms with Gasteiger partial charge < -0.3 is 16.0 Å². The van der Waals surface area contributed by atoms with Crippen molar-refractivity contribution in [2.45, 2.75) is 18.9 Å². The van der Waals surface area contributed by atoms with Crippen molar-refractivity contribution in [3.05, 3.63) is 36.0 Å². The van der Waals surface area contributed by atoms with Crippen LogP contribution in [-0.2, 0) is 0 Å². The minimum absolute atomic E-state index is 0.131. The highest BCUT2D eigenvalue weighted by Gasteiger charge is 2.48. The van der Waals surface area contributed by atoms with Crippen LogP contribution in [0.3, 0.4) is 0 Å². The maximum Gasteiger partial charge on any atom is 0.0457 e. The predicted molar refractivity (Wildman–Crippen MR) is 70.8 cm³/mol. The first-order chi connectivity index (χ1) is 8.27. The first-order valence-corrected chi connectivity index (χ1v) is 6.23. The van der Waals surface area contributed by atoms with Gasteiger partial charge in [0.2, 0.25) is 0 Å². The minimum Gasteiger partial charge on any atom is -0.361 e. The Kier molecular flexibility index (Phi) is 2.45. The molecule has 1 heterocycles. The number of aromatic nitrogens is 1. The molecule has 1 aromatic carbocycles. The number of fused-ring (bicyclic) bond motifs is 1. The predicted octanol–water partition coefficient (Wildman–Crippen LogP) is 2.17. The van der Waals surface area contributed by atoms with Crippen molar-refractivity contribution in [1.82, 2.24) is 10.3 Å². The summed E-state index contributed by atoms with van der Waals surface area (Å²) in [4.78, 5) is 3.31. The van der Waals surface area contributed by atoms with Crippen molar-refractivity contribution in [2.75, 3.05) is 13.6 Å². The molecule has 90 valence electrons. The van der Waals surface area contributed by atoms with E-state index < -0.39 is 0 Å². The highest BCUT2D eigenvalue weighted by molar-refractivity contribution is 5.83. The van der Waals surface area contributed by atoms with Gasteiger partial charge in [0.25, 0.3) is 0 Å². The molecular weight excluding hydrogens is 210 g/mol. The van der Waals surface area contributed by atoms with Crippen molar-refractivity contribution >= 4 is 10.9 Å². The molecule has 1 aromatic heterocycles. The number of nitrogens with two attached hydrogens (primary N) is 1. The van der Waals surface area contributed by atoms with Crippen molar-refractivity contribution in [2.24, 2.45) is 11.1 Å². The number of benzene rings is 1. The molecule has 1 unspecified atom stereocenters. The van der Waals surface area contributed by atoms with Gasteiger partial charge in [-0.15, -0.1) is 0 Å². The summed E-state index contributed by atoms with van der Waals surface area (Å²) in [7, 11) is 2.00. The van der Waals surface area contributed by atoms with Crippen molar-refractivity contribution in [1.29, 1.82) is 0 Å². The minimum atomic E-state index is 0.131. The van der Waals surface area contributed by atoms with E-state index in [-0.39, 0.29) is 11.5 Å². The standard InChI is InChI=1S/C14H19N3/c1-16-9-14(6-7-14)13(15)11-8-17-12-5-3-2-4-10(11)12/h2-5,8,13,16-17H,6-7,9,15H2,1H3. The molecule has 0 aliphatic heterocycles. The van der Waals surface area contributed by atoms with Crippen LogP contribution in [0.2, 0.25) is 0 Å². The number of nitrogens with one attached hydrogen (secondary N) is 2. The van der Waals surface area contributed by atoms with Gasteiger partial charge in [-0.1, -0.05) is 18.2 Å². The third-order valence-electron chi connectivity index (χ3n) is 4.04. The molecular formula is C14H19N3. The van der Waals surface area contributed by atoms with Crippen molar-refractivity contribution in [3.63, 3.8) is 0 Å². The number of H-pyrrole nitrogens is 1. The van der Waals surface area contributed by atoms with E-state index in [4.69, 9.17) is 5.73 Å². The smallest absolute Gasteiger partial charge is 0.0457 e. The molecule has 0 saturated heterocycles. The lowest BCUT2D eigenvalue weighted by molar-refractivity contribution is 0.394. The Morgan fingerprint density at radius 2 is 2.18 bits per heavy atom. The molecule has 17 heavy (non-hydrogen) atoms. The molecule has 1 aliphatic carbocycles. The summed E-state index contributed by atoms with van der Waals surface area (Å²) in [6.07, 6.45) is 4.54. The van der Waals surface area contributed by atoms with Crippen LogP contribution < -0.4 is 11.1 Å². The third-order valence-corrected chi connectivity index (χ3v) is 4.04. The molecule has 3 rings (SSSR count). The number of hydrogen-bond acceptors (Lipinski definition) is 2. The van der Waals surface area contributed by atoms with Gasteiger partial charge in [0.15, 0.2) is 0 Å². The molecule has 0 radical (unpaired) electrons. The lowest BCUT2D eigenvalue weighted by atomic mass is 9.90. The monoisotopic (exact) mass is 229 g/mol. The van der Waals surface area contributed by atoms with Crippen LogP contribution in [0.5, 0.6) is 0 Å². The Labute approximate surface area is 101 Å². The summed E-state index contributed by atoms with van der Waals surface area (Å²) in [5.74, 6) is 0. The zero-order valence-corrected chi connectivity index (χ0v) is 10.2. The van der Waals surface area contributed by atoms with E-state index in [0.29, 0.717) is 0 Å². The average Bonchev–Trinajstić information content (AvgIpc) is 3.01. The number of hydrogen-bond donors (Lipinski definition) is 3. The Morgan fingerprint density at radius 3 is 2.88 bits per heavy atom. The van der Waals surface area contributed by atoms with Crippen LogP contribution in [0.15, 0.2) is 30.5 Å². The zero-order chi connectivity index (χ0) is 11.9. The fourth-order valence-corrected chi connectivity index (χ4v) is 2.79. The van der Waals surface area contributed by atoms with E-state index in [9.17, 15) is 0 Å². The topological polar surface area (TPSA) is 53.8 Å². The number of para-hydroxylation sites is 1. The Hall–Kier alpha value is -1.32. The fourth-order valence-electron chi connectivity index (χ4n) is 2.79. The highest BCUT2D eigenvalue weighted by Crippen LogP contribution is 2.54. The zero-order valence-electron chi connectivity index (χ0n) is 10.2.